The molecule has 18 heavy (non-hydrogen) atoms. The molecule has 0 unspecified atom stereocenters. The van der Waals surface area contributed by atoms with Crippen LogP contribution in [0, 0.1) is 17.7 Å². The van der Waals surface area contributed by atoms with Crippen LogP contribution in [0.2, 0.25) is 0 Å². The molecule has 0 saturated heterocycles. The Labute approximate surface area is 104 Å². The summed E-state index contributed by atoms with van der Waals surface area (Å²) in [5.74, 6) is 0.144. The van der Waals surface area contributed by atoms with Gasteiger partial charge < -0.3 is 11.1 Å². The molecular weight excluding hydrogens is 228 g/mol. The summed E-state index contributed by atoms with van der Waals surface area (Å²) in [7, 11) is 0. The summed E-state index contributed by atoms with van der Waals surface area (Å²) < 4.78 is 1.24. The van der Waals surface area contributed by atoms with Gasteiger partial charge in [0.05, 0.1) is 0 Å². The SMILES string of the molecule is Cc1ccc(Nc2nccn(C(=N)N)c2=N)cc1. The number of nitrogens with zero attached hydrogens (tertiary/aromatic N) is 2. The van der Waals surface area contributed by atoms with E-state index in [1.165, 1.54) is 17.0 Å². The number of hydrogen-bond acceptors (Lipinski definition) is 4. The van der Waals surface area contributed by atoms with Crippen molar-refractivity contribution in [3.63, 3.8) is 0 Å². The number of aryl methyl sites for hydroxylation is 1. The minimum atomic E-state index is -0.214. The monoisotopic (exact) mass is 242 g/mol. The largest absolute Gasteiger partial charge is 0.369 e. The molecule has 0 atom stereocenters. The quantitative estimate of drug-likeness (QED) is 0.469. The second kappa shape index (κ2) is 4.70. The molecule has 0 aliphatic heterocycles. The zero-order valence-corrected chi connectivity index (χ0v) is 9.94. The molecule has 0 amide bonds. The molecule has 0 aliphatic carbocycles. The Morgan fingerprint density at radius 1 is 1.33 bits per heavy atom. The molecule has 0 bridgehead atoms. The lowest BCUT2D eigenvalue weighted by Gasteiger charge is -2.09. The summed E-state index contributed by atoms with van der Waals surface area (Å²) >= 11 is 0. The second-order valence-corrected chi connectivity index (χ2v) is 3.87. The molecule has 0 fully saturated rings. The van der Waals surface area contributed by atoms with Gasteiger partial charge in [-0.05, 0) is 19.1 Å². The van der Waals surface area contributed by atoms with E-state index >= 15 is 0 Å². The molecule has 0 saturated carbocycles. The summed E-state index contributed by atoms with van der Waals surface area (Å²) in [6.45, 7) is 2.00. The summed E-state index contributed by atoms with van der Waals surface area (Å²) in [6, 6.07) is 7.74. The Morgan fingerprint density at radius 2 is 2.00 bits per heavy atom. The Balaban J connectivity index is 2.35. The first-order chi connectivity index (χ1) is 8.58. The number of rotatable bonds is 2. The first-order valence-electron chi connectivity index (χ1n) is 5.38. The molecule has 6 nitrogen and oxygen atoms in total. The van der Waals surface area contributed by atoms with Crippen molar-refractivity contribution in [2.75, 3.05) is 5.32 Å². The van der Waals surface area contributed by atoms with Gasteiger partial charge in [-0.15, -0.1) is 0 Å². The molecule has 0 aliphatic rings. The number of anilines is 2. The zero-order chi connectivity index (χ0) is 13.1. The van der Waals surface area contributed by atoms with Gasteiger partial charge in [0.25, 0.3) is 0 Å². The molecular formula is C12H14N6. The topological polar surface area (TPSA) is 104 Å². The van der Waals surface area contributed by atoms with Crippen LogP contribution in [0.3, 0.4) is 0 Å². The van der Waals surface area contributed by atoms with Crippen molar-refractivity contribution in [2.24, 2.45) is 5.73 Å². The number of aromatic nitrogens is 2. The van der Waals surface area contributed by atoms with Gasteiger partial charge >= 0.3 is 0 Å². The maximum atomic E-state index is 7.89. The fraction of sp³-hybridized carbons (Fsp3) is 0.0833. The van der Waals surface area contributed by atoms with Gasteiger partial charge in [-0.25, -0.2) is 4.98 Å². The van der Waals surface area contributed by atoms with Gasteiger partial charge in [0.15, 0.2) is 17.3 Å². The van der Waals surface area contributed by atoms with Crippen molar-refractivity contribution in [1.29, 1.82) is 10.8 Å². The molecule has 1 aromatic heterocycles. The Bertz CT molecular complexity index is 626. The van der Waals surface area contributed by atoms with E-state index in [4.69, 9.17) is 16.6 Å². The lowest BCUT2D eigenvalue weighted by atomic mass is 10.2. The molecule has 5 N–H and O–H groups in total. The first kappa shape index (κ1) is 11.8. The smallest absolute Gasteiger partial charge is 0.198 e. The van der Waals surface area contributed by atoms with E-state index in [0.29, 0.717) is 5.82 Å². The number of nitrogens with one attached hydrogen (secondary N) is 3. The van der Waals surface area contributed by atoms with Crippen molar-refractivity contribution in [3.05, 3.63) is 47.7 Å². The van der Waals surface area contributed by atoms with E-state index in [0.717, 1.165) is 11.3 Å². The van der Waals surface area contributed by atoms with E-state index in [1.807, 2.05) is 31.2 Å². The van der Waals surface area contributed by atoms with Gasteiger partial charge in [-0.1, -0.05) is 17.7 Å². The third-order valence-corrected chi connectivity index (χ3v) is 2.46. The lowest BCUT2D eigenvalue weighted by Crippen LogP contribution is -2.33. The summed E-state index contributed by atoms with van der Waals surface area (Å²) in [5.41, 5.74) is 7.41. The van der Waals surface area contributed by atoms with Crippen molar-refractivity contribution < 1.29 is 0 Å². The van der Waals surface area contributed by atoms with Gasteiger partial charge in [0.1, 0.15) is 0 Å². The number of benzene rings is 1. The fourth-order valence-electron chi connectivity index (χ4n) is 1.49. The lowest BCUT2D eigenvalue weighted by molar-refractivity contribution is 0.926. The van der Waals surface area contributed by atoms with Gasteiger partial charge in [0, 0.05) is 18.1 Å². The third-order valence-electron chi connectivity index (χ3n) is 2.46. The van der Waals surface area contributed by atoms with Crippen molar-refractivity contribution in [1.82, 2.24) is 9.55 Å². The molecule has 1 aromatic carbocycles. The molecule has 2 aromatic rings. The first-order valence-corrected chi connectivity index (χ1v) is 5.38. The summed E-state index contributed by atoms with van der Waals surface area (Å²) in [6.07, 6.45) is 2.97. The molecule has 0 spiro atoms. The number of nitrogens with two attached hydrogens (primary N) is 1. The van der Waals surface area contributed by atoms with Crippen molar-refractivity contribution in [2.45, 2.75) is 6.92 Å². The maximum absolute atomic E-state index is 7.89. The Morgan fingerprint density at radius 3 is 2.61 bits per heavy atom. The van der Waals surface area contributed by atoms with Crippen LogP contribution >= 0.6 is 0 Å². The average Bonchev–Trinajstić information content (AvgIpc) is 2.34. The van der Waals surface area contributed by atoms with E-state index in [-0.39, 0.29) is 11.4 Å². The van der Waals surface area contributed by atoms with Crippen molar-refractivity contribution in [3.8, 4) is 0 Å². The normalized spacial score (nSPS) is 10.1. The summed E-state index contributed by atoms with van der Waals surface area (Å²) in [5, 5.41) is 18.3. The van der Waals surface area contributed by atoms with Crippen LogP contribution in [0.25, 0.3) is 0 Å². The number of hydrogen-bond donors (Lipinski definition) is 4. The molecule has 6 heteroatoms. The highest BCUT2D eigenvalue weighted by molar-refractivity contribution is 5.77. The van der Waals surface area contributed by atoms with Crippen LogP contribution in [0.5, 0.6) is 0 Å². The van der Waals surface area contributed by atoms with Crippen LogP contribution in [0.15, 0.2) is 36.7 Å². The minimum Gasteiger partial charge on any atom is -0.369 e. The standard InChI is InChI=1S/C12H14N6/c1-8-2-4-9(5-3-8)17-11-10(13)18(12(14)15)7-6-16-11/h2-7,13H,1H3,(H3,14,15)(H,16,17). The maximum Gasteiger partial charge on any atom is 0.198 e. The highest BCUT2D eigenvalue weighted by Crippen LogP contribution is 2.11. The Hall–Kier alpha value is -2.63. The summed E-state index contributed by atoms with van der Waals surface area (Å²) in [4.78, 5) is 4.07. The van der Waals surface area contributed by atoms with E-state index in [9.17, 15) is 0 Å². The predicted molar refractivity (Wildman–Crippen MR) is 69.9 cm³/mol. The molecule has 92 valence electrons. The minimum absolute atomic E-state index is 0.0468. The average molecular weight is 242 g/mol. The van der Waals surface area contributed by atoms with Crippen LogP contribution in [-0.2, 0) is 0 Å². The van der Waals surface area contributed by atoms with Crippen LogP contribution in [0.1, 0.15) is 5.56 Å². The van der Waals surface area contributed by atoms with E-state index < -0.39 is 0 Å². The number of nitrogen functional groups attached to an aromatic ring is 1. The predicted octanol–water partition coefficient (Wildman–Crippen LogP) is 1.16. The molecule has 1 heterocycles. The van der Waals surface area contributed by atoms with Gasteiger partial charge in [-0.2, -0.15) is 0 Å². The van der Waals surface area contributed by atoms with Crippen LogP contribution in [-0.4, -0.2) is 15.5 Å². The second-order valence-electron chi connectivity index (χ2n) is 3.87. The highest BCUT2D eigenvalue weighted by Gasteiger charge is 2.03. The van der Waals surface area contributed by atoms with Gasteiger partial charge in [-0.3, -0.25) is 15.4 Å². The van der Waals surface area contributed by atoms with E-state index in [1.54, 1.807) is 0 Å². The highest BCUT2D eigenvalue weighted by atomic mass is 15.2. The Kier molecular flexibility index (Phi) is 3.09. The van der Waals surface area contributed by atoms with E-state index in [2.05, 4.69) is 10.3 Å². The van der Waals surface area contributed by atoms with Crippen LogP contribution < -0.4 is 16.5 Å². The van der Waals surface area contributed by atoms with Gasteiger partial charge in [0.2, 0.25) is 0 Å². The van der Waals surface area contributed by atoms with Crippen LogP contribution in [0.4, 0.5) is 11.5 Å². The molecule has 0 radical (unpaired) electrons. The fourth-order valence-corrected chi connectivity index (χ4v) is 1.49. The van der Waals surface area contributed by atoms with Crippen molar-refractivity contribution >= 4 is 17.5 Å². The third kappa shape index (κ3) is 2.37. The zero-order valence-electron chi connectivity index (χ0n) is 9.94. The molecule has 2 rings (SSSR count).